The van der Waals surface area contributed by atoms with E-state index in [1.54, 1.807) is 0 Å². The summed E-state index contributed by atoms with van der Waals surface area (Å²) in [7, 11) is 0. The summed E-state index contributed by atoms with van der Waals surface area (Å²) in [6.45, 7) is -0.120. The second kappa shape index (κ2) is 13.0. The van der Waals surface area contributed by atoms with Gasteiger partial charge in [-0.1, -0.05) is 152 Å². The molecule has 0 spiro atoms. The van der Waals surface area contributed by atoms with Gasteiger partial charge in [0.25, 0.3) is 0 Å². The molecule has 0 aliphatic carbocycles. The molecular weight excluding hydrogens is 703 g/mol. The number of hydrogen-bond donors (Lipinski definition) is 0. The van der Waals surface area contributed by atoms with Gasteiger partial charge < -0.3 is 14.1 Å². The van der Waals surface area contributed by atoms with Crippen molar-refractivity contribution >= 4 is 51.0 Å². The Morgan fingerprint density at radius 2 is 0.948 bits per heavy atom. The number of benzene rings is 9. The van der Waals surface area contributed by atoms with Gasteiger partial charge in [-0.05, 0) is 105 Å². The average molecular weight is 739 g/mol. The van der Waals surface area contributed by atoms with Crippen molar-refractivity contribution < 1.29 is 4.74 Å². The molecule has 270 valence electrons. The lowest BCUT2D eigenvalue weighted by Crippen LogP contribution is -2.59. The van der Waals surface area contributed by atoms with E-state index in [1.165, 1.54) is 60.8 Å². The van der Waals surface area contributed by atoms with Crippen molar-refractivity contribution in [1.29, 1.82) is 0 Å². The number of anilines is 2. The molecule has 9 aromatic carbocycles. The monoisotopic (exact) mass is 738 g/mol. The molecule has 1 aromatic heterocycles. The summed E-state index contributed by atoms with van der Waals surface area (Å²) in [6.07, 6.45) is 0. The van der Waals surface area contributed by atoms with E-state index in [9.17, 15) is 0 Å². The first-order chi connectivity index (χ1) is 28.8. The van der Waals surface area contributed by atoms with Crippen LogP contribution in [0.2, 0.25) is 0 Å². The van der Waals surface area contributed by atoms with E-state index >= 15 is 0 Å². The Labute approximate surface area is 337 Å². The van der Waals surface area contributed by atoms with E-state index in [1.807, 2.05) is 0 Å². The first-order valence-corrected chi connectivity index (χ1v) is 20.0. The first kappa shape index (κ1) is 32.7. The second-order valence-corrected chi connectivity index (χ2v) is 15.2. The molecule has 3 heterocycles. The van der Waals surface area contributed by atoms with E-state index in [2.05, 4.69) is 222 Å². The number of para-hydroxylation sites is 4. The quantitative estimate of drug-likeness (QED) is 0.164. The molecule has 12 rings (SSSR count). The third kappa shape index (κ3) is 5.02. The maximum absolute atomic E-state index is 7.07. The van der Waals surface area contributed by atoms with Gasteiger partial charge in [-0.3, -0.25) is 0 Å². The van der Waals surface area contributed by atoms with Gasteiger partial charge in [0.05, 0.1) is 11.0 Å². The van der Waals surface area contributed by atoms with Gasteiger partial charge in [0.15, 0.2) is 0 Å². The zero-order valence-corrected chi connectivity index (χ0v) is 31.6. The van der Waals surface area contributed by atoms with Crippen LogP contribution in [0.4, 0.5) is 11.4 Å². The van der Waals surface area contributed by atoms with Gasteiger partial charge in [0.1, 0.15) is 11.5 Å². The third-order valence-electron chi connectivity index (χ3n) is 12.0. The minimum absolute atomic E-state index is 0.120. The van der Waals surface area contributed by atoms with Crippen LogP contribution in [0.25, 0.3) is 72.0 Å². The molecule has 0 radical (unpaired) electrons. The fourth-order valence-corrected chi connectivity index (χ4v) is 9.51. The molecule has 3 nitrogen and oxygen atoms in total. The van der Waals surface area contributed by atoms with Crippen LogP contribution < -0.4 is 20.5 Å². The number of aromatic nitrogens is 1. The molecule has 2 aliphatic heterocycles. The maximum atomic E-state index is 7.07. The maximum Gasteiger partial charge on any atom is 0.336 e. The topological polar surface area (TPSA) is 17.4 Å². The Morgan fingerprint density at radius 1 is 0.362 bits per heavy atom. The van der Waals surface area contributed by atoms with Crippen LogP contribution in [0.15, 0.2) is 212 Å². The molecule has 0 amide bonds. The van der Waals surface area contributed by atoms with Crippen molar-refractivity contribution in [3.8, 4) is 61.7 Å². The summed E-state index contributed by atoms with van der Waals surface area (Å²) in [4.78, 5) is 2.51. The molecule has 0 N–H and O–H groups in total. The lowest BCUT2D eigenvalue weighted by molar-refractivity contribution is 0.487. The van der Waals surface area contributed by atoms with Gasteiger partial charge in [0, 0.05) is 38.9 Å². The molecule has 0 saturated heterocycles. The Morgan fingerprint density at radius 3 is 1.71 bits per heavy atom. The van der Waals surface area contributed by atoms with Crippen LogP contribution in [0.1, 0.15) is 0 Å². The summed E-state index contributed by atoms with van der Waals surface area (Å²) in [5, 5.41) is 2.52. The van der Waals surface area contributed by atoms with Crippen molar-refractivity contribution in [1.82, 2.24) is 4.57 Å². The molecule has 4 heteroatoms. The SMILES string of the molecule is c1ccc(-c2ccccc2-c2cc3c4c(c2)-c2ccccc2N(c2ccccc2)B4c2cc(-c4cccc(-n5c6ccccc6c6ccccc65)c4)ccc2O3)cc1. The smallest absolute Gasteiger partial charge is 0.336 e. The van der Waals surface area contributed by atoms with Crippen LogP contribution in [0.5, 0.6) is 11.5 Å². The molecule has 0 saturated carbocycles. The largest absolute Gasteiger partial charge is 0.458 e. The van der Waals surface area contributed by atoms with Crippen molar-refractivity contribution in [3.63, 3.8) is 0 Å². The number of nitrogens with zero attached hydrogens (tertiary/aromatic N) is 2. The fourth-order valence-electron chi connectivity index (χ4n) is 9.51. The Kier molecular flexibility index (Phi) is 7.33. The summed E-state index contributed by atoms with van der Waals surface area (Å²) < 4.78 is 9.46. The Hall–Kier alpha value is -7.56. The average Bonchev–Trinajstić information content (AvgIpc) is 3.64. The molecule has 0 unspecified atom stereocenters. The lowest BCUT2D eigenvalue weighted by Gasteiger charge is -2.42. The van der Waals surface area contributed by atoms with E-state index < -0.39 is 0 Å². The zero-order chi connectivity index (χ0) is 38.2. The Balaban J connectivity index is 1.05. The second-order valence-electron chi connectivity index (χ2n) is 15.2. The summed E-state index contributed by atoms with van der Waals surface area (Å²) in [5.74, 6) is 1.77. The fraction of sp³-hybridized carbons (Fsp3) is 0. The predicted octanol–water partition coefficient (Wildman–Crippen LogP) is 12.8. The predicted molar refractivity (Wildman–Crippen MR) is 243 cm³/mol. The van der Waals surface area contributed by atoms with Crippen LogP contribution in [-0.2, 0) is 0 Å². The Bertz CT molecular complexity index is 3170. The molecular formula is C54H35BN2O. The van der Waals surface area contributed by atoms with Crippen LogP contribution >= 0.6 is 0 Å². The van der Waals surface area contributed by atoms with Gasteiger partial charge >= 0.3 is 6.85 Å². The highest BCUT2D eigenvalue weighted by atomic mass is 16.5. The van der Waals surface area contributed by atoms with Gasteiger partial charge in [0.2, 0.25) is 0 Å². The van der Waals surface area contributed by atoms with E-state index in [0.29, 0.717) is 0 Å². The number of fused-ring (bicyclic) bond motifs is 7. The minimum Gasteiger partial charge on any atom is -0.458 e. The van der Waals surface area contributed by atoms with Crippen LogP contribution in [0, 0.1) is 0 Å². The molecule has 10 aromatic rings. The van der Waals surface area contributed by atoms with E-state index in [-0.39, 0.29) is 6.85 Å². The summed E-state index contributed by atoms with van der Waals surface area (Å²) in [5.41, 5.74) is 17.6. The van der Waals surface area contributed by atoms with Crippen LogP contribution in [-0.4, -0.2) is 11.4 Å². The lowest BCUT2D eigenvalue weighted by atomic mass is 9.44. The van der Waals surface area contributed by atoms with Crippen LogP contribution in [0.3, 0.4) is 0 Å². The highest BCUT2D eigenvalue weighted by Gasteiger charge is 2.44. The molecule has 0 fully saturated rings. The number of rotatable bonds is 5. The molecule has 2 aliphatic rings. The van der Waals surface area contributed by atoms with Crippen molar-refractivity contribution in [2.75, 3.05) is 4.81 Å². The molecule has 0 atom stereocenters. The van der Waals surface area contributed by atoms with Crippen molar-refractivity contribution in [3.05, 3.63) is 212 Å². The highest BCUT2D eigenvalue weighted by Crippen LogP contribution is 2.46. The molecule has 0 bridgehead atoms. The van der Waals surface area contributed by atoms with Gasteiger partial charge in [-0.25, -0.2) is 0 Å². The first-order valence-electron chi connectivity index (χ1n) is 20.0. The van der Waals surface area contributed by atoms with Gasteiger partial charge in [-0.2, -0.15) is 0 Å². The summed E-state index contributed by atoms with van der Waals surface area (Å²) >= 11 is 0. The van der Waals surface area contributed by atoms with Crippen molar-refractivity contribution in [2.24, 2.45) is 0 Å². The number of hydrogen-bond acceptors (Lipinski definition) is 2. The van der Waals surface area contributed by atoms with Crippen molar-refractivity contribution in [2.45, 2.75) is 0 Å². The standard InChI is InChI=1S/C54H35BN2O/c1-3-16-36(17-4-1)42-22-7-8-23-43(42)39-33-47-46-26-11-14-29-51(46)57(40-19-5-2-6-20-40)55-48-34-38(30-31-52(48)58-53(35-39)54(47)55)37-18-15-21-41(32-37)56-49-27-12-9-24-44(49)45-25-10-13-28-50(45)56/h1-35H. The highest BCUT2D eigenvalue weighted by molar-refractivity contribution is 6.92. The zero-order valence-electron chi connectivity index (χ0n) is 31.6. The van der Waals surface area contributed by atoms with Gasteiger partial charge in [-0.15, -0.1) is 0 Å². The number of ether oxygens (including phenoxy) is 1. The van der Waals surface area contributed by atoms with E-state index in [0.717, 1.165) is 45.0 Å². The minimum atomic E-state index is -0.120. The summed E-state index contributed by atoms with van der Waals surface area (Å²) in [6, 6.07) is 76.8. The normalized spacial score (nSPS) is 12.6. The molecule has 58 heavy (non-hydrogen) atoms. The third-order valence-corrected chi connectivity index (χ3v) is 12.0. The van der Waals surface area contributed by atoms with E-state index in [4.69, 9.17) is 4.74 Å².